The van der Waals surface area contributed by atoms with Gasteiger partial charge in [0.1, 0.15) is 11.5 Å². The second kappa shape index (κ2) is 11.0. The first-order valence-corrected chi connectivity index (χ1v) is 10.5. The summed E-state index contributed by atoms with van der Waals surface area (Å²) in [6.45, 7) is 1.55. The first-order valence-electron chi connectivity index (χ1n) is 9.35. The highest BCUT2D eigenvalue weighted by molar-refractivity contribution is 6.35. The minimum absolute atomic E-state index is 0.280. The molecule has 0 saturated heterocycles. The van der Waals surface area contributed by atoms with Gasteiger partial charge in [0.2, 0.25) is 0 Å². The number of hydrogen-bond donors (Lipinski definition) is 1. The van der Waals surface area contributed by atoms with Crippen LogP contribution in [0.25, 0.3) is 0 Å². The summed E-state index contributed by atoms with van der Waals surface area (Å²) in [5.74, 6) is -0.443. The molecule has 0 spiro atoms. The average molecular weight is 492 g/mol. The van der Waals surface area contributed by atoms with Crippen LogP contribution in [0.5, 0.6) is 11.5 Å². The van der Waals surface area contributed by atoms with Gasteiger partial charge >= 0.3 is 5.97 Å². The third kappa shape index (κ3) is 6.47. The molecule has 1 atom stereocenters. The summed E-state index contributed by atoms with van der Waals surface area (Å²) in [7, 11) is 0. The topological polar surface area (TPSA) is 77.0 Å². The molecule has 164 valence electrons. The fourth-order valence-electron chi connectivity index (χ4n) is 2.50. The van der Waals surface area contributed by atoms with Crippen molar-refractivity contribution < 1.29 is 19.1 Å². The number of nitrogens with zero attached hydrogens (tertiary/aromatic N) is 1. The first kappa shape index (κ1) is 23.6. The van der Waals surface area contributed by atoms with Crippen molar-refractivity contribution in [3.8, 4) is 11.5 Å². The van der Waals surface area contributed by atoms with Crippen molar-refractivity contribution in [1.82, 2.24) is 5.43 Å². The molecule has 32 heavy (non-hydrogen) atoms. The van der Waals surface area contributed by atoms with Crippen LogP contribution in [-0.4, -0.2) is 24.2 Å². The molecule has 3 aromatic carbocycles. The molecule has 3 aromatic rings. The Balaban J connectivity index is 1.62. The molecule has 1 N–H and O–H groups in total. The number of rotatable bonds is 7. The van der Waals surface area contributed by atoms with E-state index in [1.54, 1.807) is 67.6 Å². The summed E-state index contributed by atoms with van der Waals surface area (Å²) in [5, 5.41) is 5.19. The molecule has 0 bridgehead atoms. The molecule has 0 fully saturated rings. The van der Waals surface area contributed by atoms with E-state index in [1.807, 2.05) is 0 Å². The number of amides is 1. The summed E-state index contributed by atoms with van der Waals surface area (Å²) >= 11 is 17.7. The Bertz CT molecular complexity index is 1150. The number of carbonyl (C=O) groups is 2. The van der Waals surface area contributed by atoms with Crippen molar-refractivity contribution in [2.45, 2.75) is 13.0 Å². The van der Waals surface area contributed by atoms with E-state index in [0.29, 0.717) is 26.9 Å². The molecular formula is C23H17Cl3N2O4. The normalized spacial score (nSPS) is 11.8. The van der Waals surface area contributed by atoms with Gasteiger partial charge in [0.05, 0.1) is 16.8 Å². The van der Waals surface area contributed by atoms with E-state index in [0.717, 1.165) is 0 Å². The molecular weight excluding hydrogens is 475 g/mol. The Morgan fingerprint density at radius 1 is 0.938 bits per heavy atom. The maximum Gasteiger partial charge on any atom is 0.343 e. The highest BCUT2D eigenvalue weighted by Gasteiger charge is 2.16. The van der Waals surface area contributed by atoms with Crippen LogP contribution < -0.4 is 14.9 Å². The smallest absolute Gasteiger partial charge is 0.343 e. The van der Waals surface area contributed by atoms with E-state index in [9.17, 15) is 9.59 Å². The van der Waals surface area contributed by atoms with Crippen molar-refractivity contribution in [2.75, 3.05) is 0 Å². The Morgan fingerprint density at radius 3 is 2.34 bits per heavy atom. The largest absolute Gasteiger partial charge is 0.479 e. The van der Waals surface area contributed by atoms with E-state index < -0.39 is 18.0 Å². The van der Waals surface area contributed by atoms with Crippen LogP contribution in [0.1, 0.15) is 22.8 Å². The fourth-order valence-corrected chi connectivity index (χ4v) is 3.08. The molecule has 0 aliphatic heterocycles. The second-order valence-corrected chi connectivity index (χ2v) is 7.78. The van der Waals surface area contributed by atoms with Gasteiger partial charge in [0, 0.05) is 15.6 Å². The minimum atomic E-state index is -0.871. The molecule has 6 nitrogen and oxygen atoms in total. The van der Waals surface area contributed by atoms with Crippen LogP contribution in [0.2, 0.25) is 15.1 Å². The summed E-state index contributed by atoms with van der Waals surface area (Å²) in [5.41, 5.74) is 3.22. The van der Waals surface area contributed by atoms with Gasteiger partial charge in [-0.2, -0.15) is 5.10 Å². The molecule has 0 radical (unpaired) electrons. The quantitative estimate of drug-likeness (QED) is 0.197. The molecule has 1 amide bonds. The zero-order valence-corrected chi connectivity index (χ0v) is 19.0. The van der Waals surface area contributed by atoms with Crippen molar-refractivity contribution >= 4 is 52.9 Å². The van der Waals surface area contributed by atoms with E-state index >= 15 is 0 Å². The summed E-state index contributed by atoms with van der Waals surface area (Å²) in [4.78, 5) is 24.6. The molecule has 1 unspecified atom stereocenters. The Kier molecular flexibility index (Phi) is 8.11. The molecule has 0 heterocycles. The van der Waals surface area contributed by atoms with Crippen LogP contribution in [0, 0.1) is 0 Å². The van der Waals surface area contributed by atoms with Crippen LogP contribution in [0.15, 0.2) is 71.8 Å². The maximum atomic E-state index is 12.4. The van der Waals surface area contributed by atoms with E-state index in [-0.39, 0.29) is 10.8 Å². The first-order chi connectivity index (χ1) is 15.3. The van der Waals surface area contributed by atoms with Crippen LogP contribution in [0.3, 0.4) is 0 Å². The van der Waals surface area contributed by atoms with Crippen molar-refractivity contribution in [3.05, 3.63) is 92.9 Å². The Labute approximate surface area is 199 Å². The zero-order chi connectivity index (χ0) is 23.1. The predicted octanol–water partition coefficient (Wildman–Crippen LogP) is 5.78. The number of carbonyl (C=O) groups excluding carboxylic acids is 2. The Hall–Kier alpha value is -3.06. The molecule has 0 saturated carbocycles. The average Bonchev–Trinajstić information content (AvgIpc) is 2.77. The van der Waals surface area contributed by atoms with Crippen molar-refractivity contribution in [2.24, 2.45) is 5.10 Å². The second-order valence-electron chi connectivity index (χ2n) is 6.50. The molecule has 0 aromatic heterocycles. The monoisotopic (exact) mass is 490 g/mol. The summed E-state index contributed by atoms with van der Waals surface area (Å²) in [6, 6.07) is 17.8. The van der Waals surface area contributed by atoms with Gasteiger partial charge in [0.25, 0.3) is 5.91 Å². The number of benzene rings is 3. The number of hydrazone groups is 1. The zero-order valence-electron chi connectivity index (χ0n) is 16.7. The van der Waals surface area contributed by atoms with Gasteiger partial charge in [0.15, 0.2) is 6.10 Å². The van der Waals surface area contributed by atoms with Gasteiger partial charge in [-0.25, -0.2) is 10.2 Å². The number of para-hydroxylation sites is 1. The van der Waals surface area contributed by atoms with Gasteiger partial charge in [-0.1, -0.05) is 46.9 Å². The maximum absolute atomic E-state index is 12.4. The van der Waals surface area contributed by atoms with E-state index in [2.05, 4.69) is 10.5 Å². The van der Waals surface area contributed by atoms with Crippen LogP contribution >= 0.6 is 34.8 Å². The van der Waals surface area contributed by atoms with Crippen LogP contribution in [-0.2, 0) is 4.79 Å². The van der Waals surface area contributed by atoms with Crippen molar-refractivity contribution in [1.29, 1.82) is 0 Å². The SMILES string of the molecule is CC(Oc1ccc(Cl)cc1Cl)C(=O)NN=Cc1ccccc1OC(=O)c1ccc(Cl)cc1. The van der Waals surface area contributed by atoms with Gasteiger partial charge in [-0.15, -0.1) is 0 Å². The van der Waals surface area contributed by atoms with Crippen LogP contribution in [0.4, 0.5) is 0 Å². The number of esters is 1. The Morgan fingerprint density at radius 2 is 1.62 bits per heavy atom. The fraction of sp³-hybridized carbons (Fsp3) is 0.0870. The van der Waals surface area contributed by atoms with Gasteiger partial charge < -0.3 is 9.47 Å². The minimum Gasteiger partial charge on any atom is -0.479 e. The lowest BCUT2D eigenvalue weighted by atomic mass is 10.2. The lowest BCUT2D eigenvalue weighted by Crippen LogP contribution is -2.33. The third-order valence-electron chi connectivity index (χ3n) is 4.15. The van der Waals surface area contributed by atoms with E-state index in [1.165, 1.54) is 12.3 Å². The lowest BCUT2D eigenvalue weighted by Gasteiger charge is -2.14. The highest BCUT2D eigenvalue weighted by atomic mass is 35.5. The summed E-state index contributed by atoms with van der Waals surface area (Å²) < 4.78 is 11.0. The predicted molar refractivity (Wildman–Crippen MR) is 125 cm³/mol. The number of ether oxygens (including phenoxy) is 2. The lowest BCUT2D eigenvalue weighted by molar-refractivity contribution is -0.127. The molecule has 0 aliphatic rings. The molecule has 0 aliphatic carbocycles. The van der Waals surface area contributed by atoms with Crippen molar-refractivity contribution in [3.63, 3.8) is 0 Å². The van der Waals surface area contributed by atoms with Gasteiger partial charge in [-0.05, 0) is 61.5 Å². The summed E-state index contributed by atoms with van der Waals surface area (Å²) in [6.07, 6.45) is 0.494. The molecule has 3 rings (SSSR count). The molecule has 9 heteroatoms. The van der Waals surface area contributed by atoms with E-state index in [4.69, 9.17) is 44.3 Å². The number of hydrogen-bond acceptors (Lipinski definition) is 5. The number of nitrogens with one attached hydrogen (secondary N) is 1. The third-order valence-corrected chi connectivity index (χ3v) is 4.93. The highest BCUT2D eigenvalue weighted by Crippen LogP contribution is 2.28. The standard InChI is InChI=1S/C23H17Cl3N2O4/c1-14(31-21-11-10-18(25)12-19(21)26)22(29)28-27-13-16-4-2-3-5-20(16)32-23(30)15-6-8-17(24)9-7-15/h2-14H,1H3,(H,28,29). The number of halogens is 3. The van der Waals surface area contributed by atoms with Gasteiger partial charge in [-0.3, -0.25) is 4.79 Å².